The molecule has 9 nitrogen and oxygen atoms in total. The van der Waals surface area contributed by atoms with Crippen molar-refractivity contribution in [2.75, 3.05) is 20.8 Å². The van der Waals surface area contributed by atoms with Crippen LogP contribution in [0.3, 0.4) is 0 Å². The SMILES string of the molecule is COc1cc2c(c(OCCCC(=O)O)c1OC)C1=C(CCC1)C(=NNC=NN)CC2. The molecule has 4 N–H and O–H groups in total. The second kappa shape index (κ2) is 10.00. The summed E-state index contributed by atoms with van der Waals surface area (Å²) in [6.07, 6.45) is 6.19. The molecule has 162 valence electrons. The topological polar surface area (TPSA) is 128 Å². The summed E-state index contributed by atoms with van der Waals surface area (Å²) in [5, 5.41) is 16.8. The molecule has 2 aliphatic rings. The molecule has 0 saturated carbocycles. The first-order chi connectivity index (χ1) is 14.6. The molecule has 0 saturated heterocycles. The predicted molar refractivity (Wildman–Crippen MR) is 114 cm³/mol. The summed E-state index contributed by atoms with van der Waals surface area (Å²) >= 11 is 0. The number of carboxylic acids is 1. The average Bonchev–Trinajstić information content (AvgIpc) is 3.16. The standard InChI is InChI=1S/C21H28N4O5/c1-28-17-11-13-8-9-16(25-24-12-23-22)14-5-3-6-15(14)19(13)21(20(17)29-2)30-10-4-7-18(26)27/h11-12H,3-10,22H2,1-2H3,(H,23,24)(H,26,27). The van der Waals surface area contributed by atoms with Gasteiger partial charge in [-0.3, -0.25) is 10.2 Å². The van der Waals surface area contributed by atoms with Crippen molar-refractivity contribution in [2.45, 2.75) is 44.9 Å². The number of ether oxygens (including phenoxy) is 3. The molecule has 0 aliphatic heterocycles. The highest BCUT2D eigenvalue weighted by Crippen LogP contribution is 2.50. The minimum absolute atomic E-state index is 0.0492. The van der Waals surface area contributed by atoms with Crippen LogP contribution in [0.1, 0.15) is 49.7 Å². The molecule has 1 aromatic rings. The van der Waals surface area contributed by atoms with Crippen LogP contribution in [0.2, 0.25) is 0 Å². The number of nitrogens with two attached hydrogens (primary N) is 1. The minimum atomic E-state index is -0.842. The molecule has 3 rings (SSSR count). The molecular weight excluding hydrogens is 388 g/mol. The third-order valence-corrected chi connectivity index (χ3v) is 5.32. The maximum absolute atomic E-state index is 10.9. The summed E-state index contributed by atoms with van der Waals surface area (Å²) in [6, 6.07) is 2.00. The summed E-state index contributed by atoms with van der Waals surface area (Å²) in [5.41, 5.74) is 8.29. The Balaban J connectivity index is 2.07. The Bertz CT molecular complexity index is 892. The number of aryl methyl sites for hydroxylation is 1. The monoisotopic (exact) mass is 416 g/mol. The molecule has 0 heterocycles. The van der Waals surface area contributed by atoms with Gasteiger partial charge in [-0.1, -0.05) is 0 Å². The number of hydrogen-bond acceptors (Lipinski definition) is 7. The molecule has 0 bridgehead atoms. The molecule has 0 fully saturated rings. The summed E-state index contributed by atoms with van der Waals surface area (Å²) in [4.78, 5) is 10.9. The molecule has 0 spiro atoms. The maximum atomic E-state index is 10.9. The number of rotatable bonds is 9. The summed E-state index contributed by atoms with van der Waals surface area (Å²) < 4.78 is 17.3. The van der Waals surface area contributed by atoms with Gasteiger partial charge in [-0.05, 0) is 61.3 Å². The third kappa shape index (κ3) is 4.50. The van der Waals surface area contributed by atoms with Gasteiger partial charge < -0.3 is 25.2 Å². The number of aliphatic carboxylic acids is 1. The van der Waals surface area contributed by atoms with E-state index in [2.05, 4.69) is 15.6 Å². The second-order valence-electron chi connectivity index (χ2n) is 7.10. The largest absolute Gasteiger partial charge is 0.493 e. The van der Waals surface area contributed by atoms with Crippen LogP contribution in [-0.4, -0.2) is 44.0 Å². The zero-order valence-electron chi connectivity index (χ0n) is 17.4. The number of carboxylic acid groups (broad SMARTS) is 1. The van der Waals surface area contributed by atoms with Gasteiger partial charge in [0, 0.05) is 12.0 Å². The molecule has 0 atom stereocenters. The summed E-state index contributed by atoms with van der Waals surface area (Å²) in [6.45, 7) is 0.278. The number of nitrogens with one attached hydrogen (secondary N) is 1. The lowest BCUT2D eigenvalue weighted by atomic mass is 9.95. The van der Waals surface area contributed by atoms with Gasteiger partial charge in [0.25, 0.3) is 0 Å². The third-order valence-electron chi connectivity index (χ3n) is 5.32. The van der Waals surface area contributed by atoms with Gasteiger partial charge in [-0.2, -0.15) is 10.2 Å². The van der Waals surface area contributed by atoms with Crippen LogP contribution in [0, 0.1) is 0 Å². The van der Waals surface area contributed by atoms with Crippen LogP contribution in [0.15, 0.2) is 21.8 Å². The fourth-order valence-electron chi connectivity index (χ4n) is 4.08. The molecule has 30 heavy (non-hydrogen) atoms. The van der Waals surface area contributed by atoms with Crippen LogP contribution in [-0.2, 0) is 11.2 Å². The van der Waals surface area contributed by atoms with E-state index in [1.54, 1.807) is 14.2 Å². The van der Waals surface area contributed by atoms with Gasteiger partial charge in [0.2, 0.25) is 5.75 Å². The van der Waals surface area contributed by atoms with Crippen LogP contribution >= 0.6 is 0 Å². The number of hydrogen-bond donors (Lipinski definition) is 3. The van der Waals surface area contributed by atoms with E-state index in [0.29, 0.717) is 23.7 Å². The van der Waals surface area contributed by atoms with Crippen molar-refractivity contribution in [1.82, 2.24) is 5.43 Å². The lowest BCUT2D eigenvalue weighted by Crippen LogP contribution is -2.11. The van der Waals surface area contributed by atoms with E-state index in [9.17, 15) is 4.79 Å². The molecule has 0 amide bonds. The molecular formula is C21H28N4O5. The number of benzene rings is 1. The van der Waals surface area contributed by atoms with E-state index >= 15 is 0 Å². The van der Waals surface area contributed by atoms with Crippen molar-refractivity contribution in [3.05, 3.63) is 22.8 Å². The number of allylic oxidation sites excluding steroid dienone is 2. The van der Waals surface area contributed by atoms with Crippen LogP contribution in [0.25, 0.3) is 5.57 Å². The van der Waals surface area contributed by atoms with Crippen molar-refractivity contribution in [3.8, 4) is 17.2 Å². The zero-order valence-corrected chi connectivity index (χ0v) is 17.4. The fraction of sp³-hybridized carbons (Fsp3) is 0.476. The summed E-state index contributed by atoms with van der Waals surface area (Å²) in [5.74, 6) is 6.05. The number of carbonyl (C=O) groups is 1. The fourth-order valence-corrected chi connectivity index (χ4v) is 4.08. The van der Waals surface area contributed by atoms with Gasteiger partial charge in [0.15, 0.2) is 11.5 Å². The molecule has 0 unspecified atom stereocenters. The Hall–Kier alpha value is -3.23. The highest BCUT2D eigenvalue weighted by molar-refractivity contribution is 6.09. The lowest BCUT2D eigenvalue weighted by molar-refractivity contribution is -0.137. The number of hydrazone groups is 2. The Kier molecular flexibility index (Phi) is 7.16. The van der Waals surface area contributed by atoms with E-state index in [4.69, 9.17) is 25.2 Å². The highest BCUT2D eigenvalue weighted by Gasteiger charge is 2.31. The average molecular weight is 416 g/mol. The van der Waals surface area contributed by atoms with Gasteiger partial charge in [-0.15, -0.1) is 0 Å². The molecule has 1 aromatic carbocycles. The van der Waals surface area contributed by atoms with Crippen molar-refractivity contribution in [1.29, 1.82) is 0 Å². The van der Waals surface area contributed by atoms with Gasteiger partial charge in [-0.25, -0.2) is 0 Å². The predicted octanol–water partition coefficient (Wildman–Crippen LogP) is 2.68. The Morgan fingerprint density at radius 1 is 1.20 bits per heavy atom. The number of methoxy groups -OCH3 is 2. The summed E-state index contributed by atoms with van der Waals surface area (Å²) in [7, 11) is 3.18. The lowest BCUT2D eigenvalue weighted by Gasteiger charge is -2.21. The van der Waals surface area contributed by atoms with E-state index < -0.39 is 5.97 Å². The van der Waals surface area contributed by atoms with E-state index in [0.717, 1.165) is 48.9 Å². The second-order valence-corrected chi connectivity index (χ2v) is 7.10. The van der Waals surface area contributed by atoms with E-state index in [1.165, 1.54) is 17.5 Å². The number of fused-ring (bicyclic) bond motifs is 2. The Morgan fingerprint density at radius 3 is 2.70 bits per heavy atom. The first-order valence-corrected chi connectivity index (χ1v) is 9.99. The minimum Gasteiger partial charge on any atom is -0.493 e. The normalized spacial score (nSPS) is 16.9. The molecule has 2 aliphatic carbocycles. The van der Waals surface area contributed by atoms with Gasteiger partial charge in [0.1, 0.15) is 6.34 Å². The van der Waals surface area contributed by atoms with Crippen molar-refractivity contribution in [2.24, 2.45) is 16.0 Å². The maximum Gasteiger partial charge on any atom is 0.303 e. The first-order valence-electron chi connectivity index (χ1n) is 9.99. The first kappa shape index (κ1) is 21.5. The van der Waals surface area contributed by atoms with Gasteiger partial charge >= 0.3 is 5.97 Å². The van der Waals surface area contributed by atoms with Gasteiger partial charge in [0.05, 0.1) is 26.5 Å². The zero-order chi connectivity index (χ0) is 21.5. The molecule has 0 radical (unpaired) electrons. The molecule has 9 heteroatoms. The van der Waals surface area contributed by atoms with E-state index in [-0.39, 0.29) is 13.0 Å². The highest BCUT2D eigenvalue weighted by atomic mass is 16.5. The Labute approximate surface area is 175 Å². The van der Waals surface area contributed by atoms with Crippen molar-refractivity contribution in [3.63, 3.8) is 0 Å². The van der Waals surface area contributed by atoms with E-state index in [1.807, 2.05) is 6.07 Å². The molecule has 0 aromatic heterocycles. The van der Waals surface area contributed by atoms with Crippen LogP contribution in [0.5, 0.6) is 17.2 Å². The van der Waals surface area contributed by atoms with Crippen LogP contribution in [0.4, 0.5) is 0 Å². The Morgan fingerprint density at radius 2 is 2.00 bits per heavy atom. The van der Waals surface area contributed by atoms with Crippen LogP contribution < -0.4 is 25.5 Å². The van der Waals surface area contributed by atoms with Crippen molar-refractivity contribution >= 4 is 23.6 Å². The van der Waals surface area contributed by atoms with Crippen molar-refractivity contribution < 1.29 is 24.1 Å². The number of nitrogens with zero attached hydrogens (tertiary/aromatic N) is 2. The quantitative estimate of drug-likeness (QED) is 0.186. The smallest absolute Gasteiger partial charge is 0.303 e.